The van der Waals surface area contributed by atoms with E-state index in [1.54, 1.807) is 18.2 Å². The normalized spacial score (nSPS) is 10.1. The lowest BCUT2D eigenvalue weighted by Gasteiger charge is -2.11. The highest BCUT2D eigenvalue weighted by atomic mass is 16.6. The van der Waals surface area contributed by atoms with Crippen LogP contribution in [0.1, 0.15) is 6.92 Å². The van der Waals surface area contributed by atoms with E-state index in [4.69, 9.17) is 10.5 Å². The van der Waals surface area contributed by atoms with Gasteiger partial charge in [0.1, 0.15) is 11.6 Å². The number of para-hydroxylation sites is 2. The first-order valence-corrected chi connectivity index (χ1v) is 6.01. The molecule has 7 heteroatoms. The van der Waals surface area contributed by atoms with Gasteiger partial charge in [-0.3, -0.25) is 10.1 Å². The first-order valence-electron chi connectivity index (χ1n) is 6.01. The van der Waals surface area contributed by atoms with Gasteiger partial charge in [0.2, 0.25) is 5.82 Å². The van der Waals surface area contributed by atoms with Crippen molar-refractivity contribution in [2.24, 2.45) is 0 Å². The van der Waals surface area contributed by atoms with Gasteiger partial charge in [0.25, 0.3) is 0 Å². The van der Waals surface area contributed by atoms with Crippen molar-refractivity contribution < 1.29 is 9.66 Å². The molecule has 0 fully saturated rings. The van der Waals surface area contributed by atoms with E-state index in [2.05, 4.69) is 10.3 Å². The molecule has 0 saturated heterocycles. The van der Waals surface area contributed by atoms with Gasteiger partial charge < -0.3 is 15.8 Å². The van der Waals surface area contributed by atoms with Gasteiger partial charge in [-0.05, 0) is 25.1 Å². The molecule has 2 aromatic rings. The first kappa shape index (κ1) is 13.6. The Hall–Kier alpha value is -2.83. The molecule has 1 heterocycles. The van der Waals surface area contributed by atoms with E-state index < -0.39 is 4.92 Å². The molecular weight excluding hydrogens is 260 g/mol. The lowest BCUT2D eigenvalue weighted by Crippen LogP contribution is -2.03. The van der Waals surface area contributed by atoms with E-state index in [1.165, 1.54) is 12.1 Å². The van der Waals surface area contributed by atoms with Crippen molar-refractivity contribution in [3.63, 3.8) is 0 Å². The molecule has 0 aliphatic heterocycles. The standard InChI is InChI=1S/C13H14N4O3/c1-2-20-11-6-4-3-5-9(11)15-13-10(17(18)19)7-8-12(14)16-13/h3-8H,2H2,1H3,(H3,14,15,16). The maximum absolute atomic E-state index is 11.0. The molecule has 0 saturated carbocycles. The van der Waals surface area contributed by atoms with Gasteiger partial charge in [0, 0.05) is 6.07 Å². The number of nitro groups is 1. The minimum absolute atomic E-state index is 0.0853. The number of hydrogen-bond donors (Lipinski definition) is 2. The highest BCUT2D eigenvalue weighted by molar-refractivity contribution is 5.71. The number of nitrogen functional groups attached to an aromatic ring is 1. The Morgan fingerprint density at radius 1 is 1.35 bits per heavy atom. The third kappa shape index (κ3) is 2.94. The molecule has 0 amide bonds. The van der Waals surface area contributed by atoms with Gasteiger partial charge >= 0.3 is 5.69 Å². The summed E-state index contributed by atoms with van der Waals surface area (Å²) >= 11 is 0. The summed E-state index contributed by atoms with van der Waals surface area (Å²) < 4.78 is 5.45. The van der Waals surface area contributed by atoms with Crippen molar-refractivity contribution >= 4 is 23.0 Å². The molecule has 2 rings (SSSR count). The fourth-order valence-electron chi connectivity index (χ4n) is 1.69. The summed E-state index contributed by atoms with van der Waals surface area (Å²) in [5.74, 6) is 0.877. The molecule has 7 nitrogen and oxygen atoms in total. The number of aromatic nitrogens is 1. The topological polar surface area (TPSA) is 103 Å². The number of nitrogens with zero attached hydrogens (tertiary/aromatic N) is 2. The van der Waals surface area contributed by atoms with Crippen LogP contribution in [0.25, 0.3) is 0 Å². The largest absolute Gasteiger partial charge is 0.492 e. The number of nitrogens with one attached hydrogen (secondary N) is 1. The molecule has 3 N–H and O–H groups in total. The molecule has 0 unspecified atom stereocenters. The lowest BCUT2D eigenvalue weighted by atomic mass is 10.3. The fourth-order valence-corrected chi connectivity index (χ4v) is 1.69. The van der Waals surface area contributed by atoms with Gasteiger partial charge in [-0.15, -0.1) is 0 Å². The maximum atomic E-state index is 11.0. The number of pyridine rings is 1. The molecule has 0 radical (unpaired) electrons. The number of rotatable bonds is 5. The summed E-state index contributed by atoms with van der Waals surface area (Å²) in [5, 5.41) is 13.9. The minimum atomic E-state index is -0.516. The van der Waals surface area contributed by atoms with Crippen LogP contribution in [0.5, 0.6) is 5.75 Å². The van der Waals surface area contributed by atoms with E-state index in [0.29, 0.717) is 18.0 Å². The second kappa shape index (κ2) is 5.87. The molecule has 20 heavy (non-hydrogen) atoms. The van der Waals surface area contributed by atoms with Gasteiger partial charge in [0.15, 0.2) is 0 Å². The van der Waals surface area contributed by atoms with Crippen LogP contribution in [0, 0.1) is 10.1 Å². The summed E-state index contributed by atoms with van der Waals surface area (Å²) in [6.07, 6.45) is 0. The Morgan fingerprint density at radius 3 is 2.80 bits per heavy atom. The number of nitrogens with two attached hydrogens (primary N) is 1. The van der Waals surface area contributed by atoms with Gasteiger partial charge in [-0.25, -0.2) is 4.98 Å². The Balaban J connectivity index is 2.39. The highest BCUT2D eigenvalue weighted by Crippen LogP contribution is 2.31. The van der Waals surface area contributed by atoms with E-state index in [9.17, 15) is 10.1 Å². The lowest BCUT2D eigenvalue weighted by molar-refractivity contribution is -0.384. The number of benzene rings is 1. The summed E-state index contributed by atoms with van der Waals surface area (Å²) in [5.41, 5.74) is 6.02. The molecule has 0 bridgehead atoms. The smallest absolute Gasteiger partial charge is 0.311 e. The van der Waals surface area contributed by atoms with Crippen molar-refractivity contribution in [2.75, 3.05) is 17.7 Å². The predicted octanol–water partition coefficient (Wildman–Crippen LogP) is 2.71. The fraction of sp³-hybridized carbons (Fsp3) is 0.154. The van der Waals surface area contributed by atoms with Crippen LogP contribution in [-0.2, 0) is 0 Å². The molecular formula is C13H14N4O3. The molecule has 1 aromatic carbocycles. The van der Waals surface area contributed by atoms with Crippen LogP contribution in [0.3, 0.4) is 0 Å². The number of ether oxygens (including phenoxy) is 1. The second-order valence-corrected chi connectivity index (χ2v) is 3.92. The van der Waals surface area contributed by atoms with Crippen LogP contribution in [0.4, 0.5) is 23.0 Å². The number of hydrogen-bond acceptors (Lipinski definition) is 6. The van der Waals surface area contributed by atoms with Crippen LogP contribution in [0.2, 0.25) is 0 Å². The van der Waals surface area contributed by atoms with Crippen molar-refractivity contribution in [3.8, 4) is 5.75 Å². The first-order chi connectivity index (χ1) is 9.61. The van der Waals surface area contributed by atoms with Gasteiger partial charge in [-0.1, -0.05) is 12.1 Å². The SMILES string of the molecule is CCOc1ccccc1Nc1nc(N)ccc1[N+](=O)[O-]. The Labute approximate surface area is 115 Å². The summed E-state index contributed by atoms with van der Waals surface area (Å²) in [6, 6.07) is 9.83. The molecule has 1 aromatic heterocycles. The quantitative estimate of drug-likeness (QED) is 0.641. The third-order valence-electron chi connectivity index (χ3n) is 2.53. The van der Waals surface area contributed by atoms with E-state index in [0.717, 1.165) is 0 Å². The van der Waals surface area contributed by atoms with Gasteiger partial charge in [-0.2, -0.15) is 0 Å². The molecule has 0 spiro atoms. The van der Waals surface area contributed by atoms with E-state index in [-0.39, 0.29) is 17.3 Å². The van der Waals surface area contributed by atoms with Gasteiger partial charge in [0.05, 0.1) is 17.2 Å². The summed E-state index contributed by atoms with van der Waals surface area (Å²) in [6.45, 7) is 2.35. The molecule has 104 valence electrons. The summed E-state index contributed by atoms with van der Waals surface area (Å²) in [7, 11) is 0. The minimum Gasteiger partial charge on any atom is -0.492 e. The highest BCUT2D eigenvalue weighted by Gasteiger charge is 2.16. The molecule has 0 aliphatic rings. The van der Waals surface area contributed by atoms with Crippen molar-refractivity contribution in [3.05, 3.63) is 46.5 Å². The van der Waals surface area contributed by atoms with Crippen molar-refractivity contribution in [2.45, 2.75) is 6.92 Å². The molecule has 0 atom stereocenters. The van der Waals surface area contributed by atoms with Crippen LogP contribution >= 0.6 is 0 Å². The zero-order chi connectivity index (χ0) is 14.5. The van der Waals surface area contributed by atoms with E-state index in [1.807, 2.05) is 13.0 Å². The monoisotopic (exact) mass is 274 g/mol. The molecule has 0 aliphatic carbocycles. The van der Waals surface area contributed by atoms with E-state index >= 15 is 0 Å². The Morgan fingerprint density at radius 2 is 2.10 bits per heavy atom. The predicted molar refractivity (Wildman–Crippen MR) is 76.2 cm³/mol. The zero-order valence-corrected chi connectivity index (χ0v) is 10.9. The average Bonchev–Trinajstić information content (AvgIpc) is 2.41. The van der Waals surface area contributed by atoms with Crippen molar-refractivity contribution in [1.82, 2.24) is 4.98 Å². The number of anilines is 3. The third-order valence-corrected chi connectivity index (χ3v) is 2.53. The van der Waals surface area contributed by atoms with Crippen LogP contribution < -0.4 is 15.8 Å². The maximum Gasteiger partial charge on any atom is 0.311 e. The zero-order valence-electron chi connectivity index (χ0n) is 10.9. The van der Waals surface area contributed by atoms with Crippen molar-refractivity contribution in [1.29, 1.82) is 0 Å². The summed E-state index contributed by atoms with van der Waals surface area (Å²) in [4.78, 5) is 14.4. The average molecular weight is 274 g/mol. The second-order valence-electron chi connectivity index (χ2n) is 3.92. The van der Waals surface area contributed by atoms with Crippen LogP contribution in [0.15, 0.2) is 36.4 Å². The Kier molecular flexibility index (Phi) is 3.99. The Bertz CT molecular complexity index is 631. The van der Waals surface area contributed by atoms with Crippen LogP contribution in [-0.4, -0.2) is 16.5 Å².